The lowest BCUT2D eigenvalue weighted by atomic mass is 9.96. The van der Waals surface area contributed by atoms with E-state index in [0.717, 1.165) is 76.1 Å². The maximum Gasteiger partial charge on any atom is 0.272 e. The SMILES string of the molecule is CN(C)CCN1CCC(CNC(=O)c2nn(-c3ccccc3)c3c2CCCCC3)CC1. The highest BCUT2D eigenvalue weighted by Gasteiger charge is 2.26. The number of aromatic nitrogens is 2. The summed E-state index contributed by atoms with van der Waals surface area (Å²) in [6.07, 6.45) is 7.79. The number of nitrogens with zero attached hydrogens (tertiary/aromatic N) is 4. The van der Waals surface area contributed by atoms with E-state index in [1.165, 1.54) is 18.5 Å². The fourth-order valence-corrected chi connectivity index (χ4v) is 4.82. The molecule has 2 aromatic rings. The standard InChI is InChI=1S/C25H37N5O/c1-28(2)17-18-29-15-13-20(14-16-29)19-26-25(31)24-22-11-7-4-8-12-23(22)30(27-24)21-9-5-3-6-10-21/h3,5-6,9-10,20H,4,7-8,11-19H2,1-2H3,(H,26,31). The molecular weight excluding hydrogens is 386 g/mol. The monoisotopic (exact) mass is 423 g/mol. The Bertz CT molecular complexity index is 852. The molecule has 1 aliphatic heterocycles. The lowest BCUT2D eigenvalue weighted by Crippen LogP contribution is -2.41. The Morgan fingerprint density at radius 2 is 1.84 bits per heavy atom. The van der Waals surface area contributed by atoms with E-state index in [1.54, 1.807) is 0 Å². The summed E-state index contributed by atoms with van der Waals surface area (Å²) >= 11 is 0. The van der Waals surface area contributed by atoms with Gasteiger partial charge in [-0.05, 0) is 83.8 Å². The topological polar surface area (TPSA) is 53.4 Å². The van der Waals surface area contributed by atoms with Crippen LogP contribution in [0.3, 0.4) is 0 Å². The maximum atomic E-state index is 13.2. The molecule has 6 nitrogen and oxygen atoms in total. The third-order valence-electron chi connectivity index (χ3n) is 6.77. The summed E-state index contributed by atoms with van der Waals surface area (Å²) in [5.74, 6) is 0.567. The van der Waals surface area contributed by atoms with Crippen LogP contribution >= 0.6 is 0 Å². The van der Waals surface area contributed by atoms with Crippen LogP contribution in [0.1, 0.15) is 53.8 Å². The quantitative estimate of drug-likeness (QED) is 0.695. The summed E-state index contributed by atoms with van der Waals surface area (Å²) in [5.41, 5.74) is 4.08. The highest BCUT2D eigenvalue weighted by Crippen LogP contribution is 2.26. The molecule has 0 spiro atoms. The van der Waals surface area contributed by atoms with E-state index >= 15 is 0 Å². The lowest BCUT2D eigenvalue weighted by Gasteiger charge is -2.32. The minimum atomic E-state index is 0.00266. The van der Waals surface area contributed by atoms with E-state index in [4.69, 9.17) is 5.10 Å². The van der Waals surface area contributed by atoms with Gasteiger partial charge in [-0.3, -0.25) is 4.79 Å². The third-order valence-corrected chi connectivity index (χ3v) is 6.77. The Hall–Kier alpha value is -2.18. The normalized spacial score (nSPS) is 18.0. The van der Waals surface area contributed by atoms with Gasteiger partial charge in [-0.1, -0.05) is 24.6 Å². The molecule has 1 aliphatic carbocycles. The van der Waals surface area contributed by atoms with Gasteiger partial charge in [0.1, 0.15) is 0 Å². The Labute approximate surface area is 186 Å². The molecule has 0 saturated carbocycles. The molecule has 6 heteroatoms. The van der Waals surface area contributed by atoms with Crippen LogP contribution < -0.4 is 5.32 Å². The molecule has 0 bridgehead atoms. The van der Waals surface area contributed by atoms with Crippen LogP contribution in [-0.2, 0) is 12.8 Å². The first-order valence-electron chi connectivity index (χ1n) is 11.9. The van der Waals surface area contributed by atoms with Crippen LogP contribution in [0, 0.1) is 5.92 Å². The first-order valence-corrected chi connectivity index (χ1v) is 11.9. The predicted molar refractivity (Wildman–Crippen MR) is 125 cm³/mol. The molecule has 1 aromatic carbocycles. The highest BCUT2D eigenvalue weighted by atomic mass is 16.2. The van der Waals surface area contributed by atoms with Crippen LogP contribution in [0.4, 0.5) is 0 Å². The van der Waals surface area contributed by atoms with Gasteiger partial charge in [-0.25, -0.2) is 4.68 Å². The number of carbonyl (C=O) groups excluding carboxylic acids is 1. The zero-order valence-electron chi connectivity index (χ0n) is 19.1. The number of nitrogens with one attached hydrogen (secondary N) is 1. The van der Waals surface area contributed by atoms with Crippen molar-refractivity contribution < 1.29 is 4.79 Å². The van der Waals surface area contributed by atoms with Crippen molar-refractivity contribution in [3.8, 4) is 5.69 Å². The lowest BCUT2D eigenvalue weighted by molar-refractivity contribution is 0.0928. The van der Waals surface area contributed by atoms with Crippen molar-refractivity contribution in [1.82, 2.24) is 24.9 Å². The van der Waals surface area contributed by atoms with Crippen LogP contribution in [0.15, 0.2) is 30.3 Å². The molecular formula is C25H37N5O. The number of likely N-dealkylation sites (tertiary alicyclic amines) is 1. The predicted octanol–water partition coefficient (Wildman–Crippen LogP) is 3.14. The summed E-state index contributed by atoms with van der Waals surface area (Å²) in [5, 5.41) is 8.04. The van der Waals surface area contributed by atoms with Gasteiger partial charge in [0.2, 0.25) is 0 Å². The van der Waals surface area contributed by atoms with Crippen molar-refractivity contribution in [2.45, 2.75) is 44.9 Å². The first kappa shape index (κ1) is 22.0. The van der Waals surface area contributed by atoms with Gasteiger partial charge in [0, 0.05) is 30.9 Å². The van der Waals surface area contributed by atoms with Crippen LogP contribution in [0.2, 0.25) is 0 Å². The zero-order chi connectivity index (χ0) is 21.6. The maximum absolute atomic E-state index is 13.2. The highest BCUT2D eigenvalue weighted by molar-refractivity contribution is 5.94. The summed E-state index contributed by atoms with van der Waals surface area (Å²) in [4.78, 5) is 17.9. The number of amides is 1. The largest absolute Gasteiger partial charge is 0.350 e. The number of rotatable bonds is 7. The van der Waals surface area contributed by atoms with Crippen molar-refractivity contribution >= 4 is 5.91 Å². The number of hydrogen-bond donors (Lipinski definition) is 1. The number of piperidine rings is 1. The molecule has 1 aromatic heterocycles. The van der Waals surface area contributed by atoms with E-state index in [-0.39, 0.29) is 5.91 Å². The van der Waals surface area contributed by atoms with E-state index in [1.807, 2.05) is 22.9 Å². The Kier molecular flexibility index (Phi) is 7.41. The molecule has 0 atom stereocenters. The van der Waals surface area contributed by atoms with Gasteiger partial charge < -0.3 is 15.1 Å². The summed E-state index contributed by atoms with van der Waals surface area (Å²) in [6, 6.07) is 10.2. The molecule has 1 fully saturated rings. The molecule has 2 heterocycles. The van der Waals surface area contributed by atoms with Gasteiger partial charge in [0.25, 0.3) is 5.91 Å². The number of para-hydroxylation sites is 1. The van der Waals surface area contributed by atoms with Crippen LogP contribution in [-0.4, -0.2) is 72.3 Å². The molecule has 1 saturated heterocycles. The second-order valence-corrected chi connectivity index (χ2v) is 9.38. The van der Waals surface area contributed by atoms with Gasteiger partial charge in [0.05, 0.1) is 5.69 Å². The smallest absolute Gasteiger partial charge is 0.272 e. The molecule has 4 rings (SSSR count). The average Bonchev–Trinajstić information content (AvgIpc) is 2.98. The van der Waals surface area contributed by atoms with Crippen LogP contribution in [0.5, 0.6) is 0 Å². The molecule has 1 amide bonds. The number of hydrogen-bond acceptors (Lipinski definition) is 4. The van der Waals surface area contributed by atoms with Gasteiger partial charge in [-0.2, -0.15) is 5.10 Å². The van der Waals surface area contributed by atoms with Crippen molar-refractivity contribution in [3.05, 3.63) is 47.3 Å². The molecule has 0 radical (unpaired) electrons. The van der Waals surface area contributed by atoms with E-state index in [2.05, 4.69) is 41.3 Å². The van der Waals surface area contributed by atoms with Crippen LogP contribution in [0.25, 0.3) is 5.69 Å². The second kappa shape index (κ2) is 10.4. The Morgan fingerprint density at radius 1 is 1.10 bits per heavy atom. The van der Waals surface area contributed by atoms with Gasteiger partial charge >= 0.3 is 0 Å². The Morgan fingerprint density at radius 3 is 2.58 bits per heavy atom. The average molecular weight is 424 g/mol. The zero-order valence-corrected chi connectivity index (χ0v) is 19.1. The number of likely N-dealkylation sites (N-methyl/N-ethyl adjacent to an activating group) is 1. The molecule has 2 aliphatic rings. The minimum Gasteiger partial charge on any atom is -0.350 e. The number of benzene rings is 1. The Balaban J connectivity index is 1.39. The number of carbonyl (C=O) groups is 1. The molecule has 1 N–H and O–H groups in total. The summed E-state index contributed by atoms with van der Waals surface area (Å²) in [7, 11) is 4.25. The third kappa shape index (κ3) is 5.55. The summed E-state index contributed by atoms with van der Waals surface area (Å²) < 4.78 is 2.01. The van der Waals surface area contributed by atoms with E-state index < -0.39 is 0 Å². The summed E-state index contributed by atoms with van der Waals surface area (Å²) in [6.45, 7) is 5.26. The molecule has 0 unspecified atom stereocenters. The fraction of sp³-hybridized carbons (Fsp3) is 0.600. The van der Waals surface area contributed by atoms with Gasteiger partial charge in [0.15, 0.2) is 5.69 Å². The minimum absolute atomic E-state index is 0.00266. The number of fused-ring (bicyclic) bond motifs is 1. The van der Waals surface area contributed by atoms with E-state index in [9.17, 15) is 4.79 Å². The van der Waals surface area contributed by atoms with Crippen molar-refractivity contribution in [3.63, 3.8) is 0 Å². The first-order chi connectivity index (χ1) is 15.1. The second-order valence-electron chi connectivity index (χ2n) is 9.38. The van der Waals surface area contributed by atoms with Crippen molar-refractivity contribution in [2.75, 3.05) is 46.8 Å². The van der Waals surface area contributed by atoms with Crippen molar-refractivity contribution in [2.24, 2.45) is 5.92 Å². The fourth-order valence-electron chi connectivity index (χ4n) is 4.82. The van der Waals surface area contributed by atoms with Gasteiger partial charge in [-0.15, -0.1) is 0 Å². The molecule has 168 valence electrons. The van der Waals surface area contributed by atoms with E-state index in [0.29, 0.717) is 11.6 Å². The molecule has 31 heavy (non-hydrogen) atoms. The van der Waals surface area contributed by atoms with Crippen molar-refractivity contribution in [1.29, 1.82) is 0 Å².